The molecule has 1 N–H and O–H groups in total. The third kappa shape index (κ3) is 2.81. The first-order chi connectivity index (χ1) is 10.3. The number of hydrogen-bond acceptors (Lipinski definition) is 4. The Bertz CT molecular complexity index is 615. The molecular weight excluding hydrogens is 264 g/mol. The molecule has 3 rings (SSSR count). The van der Waals surface area contributed by atoms with Crippen molar-refractivity contribution in [1.29, 1.82) is 0 Å². The van der Waals surface area contributed by atoms with Gasteiger partial charge in [-0.3, -0.25) is 0 Å². The molecule has 21 heavy (non-hydrogen) atoms. The van der Waals surface area contributed by atoms with Crippen LogP contribution < -0.4 is 9.64 Å². The Morgan fingerprint density at radius 3 is 3.00 bits per heavy atom. The van der Waals surface area contributed by atoms with E-state index in [1.165, 1.54) is 12.8 Å². The summed E-state index contributed by atoms with van der Waals surface area (Å²) in [5, 5.41) is 12.0. The zero-order valence-corrected chi connectivity index (χ0v) is 12.5. The quantitative estimate of drug-likeness (QED) is 0.942. The number of nitrogens with zero attached hydrogens (tertiary/aromatic N) is 2. The minimum Gasteiger partial charge on any atom is -0.497 e. The van der Waals surface area contributed by atoms with Crippen LogP contribution in [0.3, 0.4) is 0 Å². The van der Waals surface area contributed by atoms with Crippen LogP contribution >= 0.6 is 0 Å². The lowest BCUT2D eigenvalue weighted by Crippen LogP contribution is -2.38. The average molecular weight is 286 g/mol. The third-order valence-corrected chi connectivity index (χ3v) is 4.31. The first-order valence-corrected chi connectivity index (χ1v) is 7.63. The Morgan fingerprint density at radius 2 is 2.19 bits per heavy atom. The molecule has 0 aliphatic carbocycles. The topological polar surface area (TPSA) is 45.6 Å². The molecule has 112 valence electrons. The van der Waals surface area contributed by atoms with Crippen molar-refractivity contribution in [3.63, 3.8) is 0 Å². The van der Waals surface area contributed by atoms with Gasteiger partial charge in [-0.1, -0.05) is 18.9 Å². The minimum atomic E-state index is 0.164. The largest absolute Gasteiger partial charge is 0.497 e. The molecule has 1 aliphatic rings. The second-order valence-electron chi connectivity index (χ2n) is 5.60. The number of methoxy groups -OCH3 is 1. The van der Waals surface area contributed by atoms with Gasteiger partial charge in [0.15, 0.2) is 0 Å². The molecule has 2 aromatic rings. The maximum Gasteiger partial charge on any atom is 0.136 e. The maximum absolute atomic E-state index is 9.73. The molecule has 1 atom stereocenters. The van der Waals surface area contributed by atoms with Crippen LogP contribution in [0, 0.1) is 0 Å². The number of benzene rings is 1. The number of pyridine rings is 1. The minimum absolute atomic E-state index is 0.164. The van der Waals surface area contributed by atoms with Crippen LogP contribution in [0.1, 0.15) is 25.7 Å². The van der Waals surface area contributed by atoms with Crippen molar-refractivity contribution in [2.75, 3.05) is 25.2 Å². The van der Waals surface area contributed by atoms with Gasteiger partial charge in [0.2, 0.25) is 0 Å². The Labute approximate surface area is 125 Å². The summed E-state index contributed by atoms with van der Waals surface area (Å²) in [5.41, 5.74) is 0. The van der Waals surface area contributed by atoms with Crippen LogP contribution in [0.4, 0.5) is 5.82 Å². The highest BCUT2D eigenvalue weighted by atomic mass is 16.5. The highest BCUT2D eigenvalue weighted by Crippen LogP contribution is 2.31. The van der Waals surface area contributed by atoms with Gasteiger partial charge in [-0.05, 0) is 36.4 Å². The normalized spacial score (nSPS) is 19.5. The molecule has 1 unspecified atom stereocenters. The molecule has 4 heteroatoms. The number of ether oxygens (including phenoxy) is 1. The monoisotopic (exact) mass is 286 g/mol. The summed E-state index contributed by atoms with van der Waals surface area (Å²) in [6.45, 7) is 1.14. The molecular formula is C17H22N2O2. The summed E-state index contributed by atoms with van der Waals surface area (Å²) in [4.78, 5) is 6.88. The van der Waals surface area contributed by atoms with E-state index in [1.807, 2.05) is 24.4 Å². The maximum atomic E-state index is 9.73. The molecule has 1 aromatic heterocycles. The summed E-state index contributed by atoms with van der Waals surface area (Å²) in [6, 6.07) is 8.25. The van der Waals surface area contributed by atoms with E-state index in [4.69, 9.17) is 4.74 Å². The van der Waals surface area contributed by atoms with Crippen molar-refractivity contribution in [1.82, 2.24) is 4.98 Å². The highest BCUT2D eigenvalue weighted by molar-refractivity contribution is 5.93. The summed E-state index contributed by atoms with van der Waals surface area (Å²) in [5.74, 6) is 1.81. The van der Waals surface area contributed by atoms with E-state index in [2.05, 4.69) is 16.0 Å². The summed E-state index contributed by atoms with van der Waals surface area (Å²) in [7, 11) is 1.68. The van der Waals surface area contributed by atoms with E-state index < -0.39 is 0 Å². The number of anilines is 1. The first kappa shape index (κ1) is 14.1. The number of aliphatic hydroxyl groups is 1. The van der Waals surface area contributed by atoms with Gasteiger partial charge in [0, 0.05) is 18.1 Å². The van der Waals surface area contributed by atoms with Crippen molar-refractivity contribution in [3.8, 4) is 5.75 Å². The van der Waals surface area contributed by atoms with Crippen LogP contribution in [0.5, 0.6) is 5.75 Å². The van der Waals surface area contributed by atoms with Crippen molar-refractivity contribution >= 4 is 16.6 Å². The molecule has 0 radical (unpaired) electrons. The molecule has 1 fully saturated rings. The van der Waals surface area contributed by atoms with Crippen LogP contribution in [0.15, 0.2) is 30.5 Å². The molecule has 0 saturated carbocycles. The number of aliphatic hydroxyl groups excluding tert-OH is 1. The molecule has 0 spiro atoms. The van der Waals surface area contributed by atoms with Crippen molar-refractivity contribution in [2.45, 2.75) is 31.7 Å². The number of hydrogen-bond donors (Lipinski definition) is 1. The van der Waals surface area contributed by atoms with Gasteiger partial charge in [0.05, 0.1) is 19.8 Å². The highest BCUT2D eigenvalue weighted by Gasteiger charge is 2.23. The number of aromatic nitrogens is 1. The number of fused-ring (bicyclic) bond motifs is 1. The van der Waals surface area contributed by atoms with E-state index in [9.17, 15) is 5.11 Å². The molecule has 1 aromatic carbocycles. The van der Waals surface area contributed by atoms with Crippen LogP contribution in [0.2, 0.25) is 0 Å². The fraction of sp³-hybridized carbons (Fsp3) is 0.471. The summed E-state index contributed by atoms with van der Waals surface area (Å²) >= 11 is 0. The van der Waals surface area contributed by atoms with Gasteiger partial charge >= 0.3 is 0 Å². The van der Waals surface area contributed by atoms with Crippen molar-refractivity contribution in [3.05, 3.63) is 30.5 Å². The smallest absolute Gasteiger partial charge is 0.136 e. The van der Waals surface area contributed by atoms with E-state index >= 15 is 0 Å². The van der Waals surface area contributed by atoms with Gasteiger partial charge in [-0.2, -0.15) is 0 Å². The zero-order valence-electron chi connectivity index (χ0n) is 12.5. The Morgan fingerprint density at radius 1 is 1.29 bits per heavy atom. The van der Waals surface area contributed by atoms with Crippen molar-refractivity contribution in [2.24, 2.45) is 0 Å². The fourth-order valence-electron chi connectivity index (χ4n) is 3.13. The number of rotatable bonds is 3. The average Bonchev–Trinajstić information content (AvgIpc) is 2.78. The van der Waals surface area contributed by atoms with Crippen LogP contribution in [-0.4, -0.2) is 36.4 Å². The SMILES string of the molecule is COc1ccc2ccnc(N3CCCCCC3CO)c2c1. The Kier molecular flexibility index (Phi) is 4.25. The molecule has 1 saturated heterocycles. The lowest BCUT2D eigenvalue weighted by molar-refractivity contribution is 0.255. The van der Waals surface area contributed by atoms with E-state index in [0.29, 0.717) is 0 Å². The van der Waals surface area contributed by atoms with Gasteiger partial charge in [-0.15, -0.1) is 0 Å². The Balaban J connectivity index is 2.08. The standard InChI is InChI=1S/C17H22N2O2/c1-21-15-7-6-13-8-9-18-17(16(13)11-15)19-10-4-2-3-5-14(19)12-20/h6-9,11,14,20H,2-5,10,12H2,1H3. The second kappa shape index (κ2) is 6.31. The predicted molar refractivity (Wildman–Crippen MR) is 85.0 cm³/mol. The van der Waals surface area contributed by atoms with Gasteiger partial charge in [0.1, 0.15) is 11.6 Å². The Hall–Kier alpha value is -1.81. The molecule has 0 amide bonds. The zero-order chi connectivity index (χ0) is 14.7. The van der Waals surface area contributed by atoms with Crippen LogP contribution in [-0.2, 0) is 0 Å². The van der Waals surface area contributed by atoms with Gasteiger partial charge < -0.3 is 14.7 Å². The molecule has 2 heterocycles. The summed E-state index contributed by atoms with van der Waals surface area (Å²) in [6.07, 6.45) is 6.43. The lowest BCUT2D eigenvalue weighted by Gasteiger charge is -2.30. The third-order valence-electron chi connectivity index (χ3n) is 4.31. The fourth-order valence-corrected chi connectivity index (χ4v) is 3.13. The second-order valence-corrected chi connectivity index (χ2v) is 5.60. The predicted octanol–water partition coefficient (Wildman–Crippen LogP) is 2.98. The summed E-state index contributed by atoms with van der Waals surface area (Å²) < 4.78 is 5.35. The van der Waals surface area contributed by atoms with Gasteiger partial charge in [0.25, 0.3) is 0 Å². The molecule has 4 nitrogen and oxygen atoms in total. The van der Waals surface area contributed by atoms with Gasteiger partial charge in [-0.25, -0.2) is 4.98 Å². The first-order valence-electron chi connectivity index (χ1n) is 7.63. The van der Waals surface area contributed by atoms with Crippen LogP contribution in [0.25, 0.3) is 10.8 Å². The molecule has 1 aliphatic heterocycles. The van der Waals surface area contributed by atoms with Crippen molar-refractivity contribution < 1.29 is 9.84 Å². The van der Waals surface area contributed by atoms with E-state index in [1.54, 1.807) is 7.11 Å². The lowest BCUT2D eigenvalue weighted by atomic mass is 10.1. The molecule has 0 bridgehead atoms. The van der Waals surface area contributed by atoms with E-state index in [-0.39, 0.29) is 12.6 Å². The van der Waals surface area contributed by atoms with E-state index in [0.717, 1.165) is 41.7 Å².